The van der Waals surface area contributed by atoms with Gasteiger partial charge in [-0.25, -0.2) is 0 Å². The van der Waals surface area contributed by atoms with Crippen molar-refractivity contribution in [3.05, 3.63) is 29.8 Å². The molecule has 1 heterocycles. The number of rotatable bonds is 2. The number of para-hydroxylation sites is 1. The fourth-order valence-electron chi connectivity index (χ4n) is 1.87. The van der Waals surface area contributed by atoms with Crippen LogP contribution in [0.25, 0.3) is 0 Å². The van der Waals surface area contributed by atoms with Crippen LogP contribution in [0.1, 0.15) is 18.4 Å². The minimum Gasteiger partial charge on any atom is -0.381 e. The van der Waals surface area contributed by atoms with E-state index in [9.17, 15) is 4.79 Å². The quantitative estimate of drug-likeness (QED) is 0.844. The molecular weight excluding hydrogens is 216 g/mol. The van der Waals surface area contributed by atoms with Crippen molar-refractivity contribution in [1.82, 2.24) is 0 Å². The van der Waals surface area contributed by atoms with E-state index in [0.717, 1.165) is 19.4 Å². The van der Waals surface area contributed by atoms with Gasteiger partial charge < -0.3 is 10.1 Å². The largest absolute Gasteiger partial charge is 0.381 e. The molecule has 1 aliphatic heterocycles. The molecule has 0 saturated carbocycles. The summed E-state index contributed by atoms with van der Waals surface area (Å²) in [5.41, 5.74) is 1.06. The minimum atomic E-state index is -0.101. The van der Waals surface area contributed by atoms with Crippen LogP contribution in [0.5, 0.6) is 0 Å². The molecule has 17 heavy (non-hydrogen) atoms. The summed E-state index contributed by atoms with van der Waals surface area (Å²) in [7, 11) is 0. The third-order valence-electron chi connectivity index (χ3n) is 2.84. The molecule has 2 rings (SSSR count). The maximum atomic E-state index is 11.9. The average molecular weight is 230 g/mol. The number of hydrogen-bond acceptors (Lipinski definition) is 3. The molecule has 88 valence electrons. The van der Waals surface area contributed by atoms with Crippen LogP contribution in [-0.2, 0) is 9.53 Å². The number of anilines is 1. The van der Waals surface area contributed by atoms with Gasteiger partial charge in [0, 0.05) is 6.61 Å². The second kappa shape index (κ2) is 5.46. The van der Waals surface area contributed by atoms with E-state index in [1.165, 1.54) is 0 Å². The smallest absolute Gasteiger partial charge is 0.229 e. The predicted octanol–water partition coefficient (Wildman–Crippen LogP) is 1.92. The van der Waals surface area contributed by atoms with Crippen molar-refractivity contribution in [1.29, 1.82) is 5.26 Å². The van der Waals surface area contributed by atoms with Crippen LogP contribution in [0.4, 0.5) is 5.69 Å². The van der Waals surface area contributed by atoms with E-state index in [2.05, 4.69) is 11.4 Å². The summed E-state index contributed by atoms with van der Waals surface area (Å²) < 4.78 is 5.27. The average Bonchev–Trinajstić information content (AvgIpc) is 2.40. The number of amides is 1. The number of carbonyl (C=O) groups excluding carboxylic acids is 1. The number of benzene rings is 1. The number of ether oxygens (including phenoxy) is 1. The lowest BCUT2D eigenvalue weighted by Crippen LogP contribution is -2.30. The second-order valence-electron chi connectivity index (χ2n) is 4.06. The zero-order valence-corrected chi connectivity index (χ0v) is 9.48. The summed E-state index contributed by atoms with van der Waals surface area (Å²) in [5, 5.41) is 11.7. The maximum Gasteiger partial charge on any atom is 0.229 e. The van der Waals surface area contributed by atoms with Crippen molar-refractivity contribution >= 4 is 11.6 Å². The summed E-state index contributed by atoms with van der Waals surface area (Å²) in [4.78, 5) is 11.9. The van der Waals surface area contributed by atoms with E-state index in [4.69, 9.17) is 10.00 Å². The van der Waals surface area contributed by atoms with E-state index in [-0.39, 0.29) is 11.8 Å². The van der Waals surface area contributed by atoms with E-state index in [0.29, 0.717) is 17.9 Å². The Bertz CT molecular complexity index is 445. The third-order valence-corrected chi connectivity index (χ3v) is 2.84. The number of hydrogen-bond donors (Lipinski definition) is 1. The van der Waals surface area contributed by atoms with Crippen molar-refractivity contribution in [2.45, 2.75) is 12.8 Å². The molecular formula is C13H14N2O2. The lowest BCUT2D eigenvalue weighted by Gasteiger charge is -2.21. The lowest BCUT2D eigenvalue weighted by molar-refractivity contribution is -0.123. The fourth-order valence-corrected chi connectivity index (χ4v) is 1.87. The van der Waals surface area contributed by atoms with Crippen molar-refractivity contribution in [3.63, 3.8) is 0 Å². The van der Waals surface area contributed by atoms with Crippen LogP contribution < -0.4 is 5.32 Å². The Morgan fingerprint density at radius 3 is 3.00 bits per heavy atom. The van der Waals surface area contributed by atoms with Crippen LogP contribution in [-0.4, -0.2) is 19.1 Å². The number of nitriles is 1. The topological polar surface area (TPSA) is 62.1 Å². The first-order chi connectivity index (χ1) is 8.31. The van der Waals surface area contributed by atoms with Crippen LogP contribution >= 0.6 is 0 Å². The van der Waals surface area contributed by atoms with Crippen LogP contribution in [0.15, 0.2) is 24.3 Å². The summed E-state index contributed by atoms with van der Waals surface area (Å²) >= 11 is 0. The Labute approximate surface area is 100 Å². The summed E-state index contributed by atoms with van der Waals surface area (Å²) in [5.74, 6) is -0.164. The molecule has 0 bridgehead atoms. The Kier molecular flexibility index (Phi) is 3.73. The van der Waals surface area contributed by atoms with Gasteiger partial charge in [-0.2, -0.15) is 5.26 Å². The molecule has 0 spiro atoms. The Hall–Kier alpha value is -1.86. The van der Waals surface area contributed by atoms with Gasteiger partial charge in [0.05, 0.1) is 23.8 Å². The number of nitrogens with one attached hydrogen (secondary N) is 1. The minimum absolute atomic E-state index is 0.0626. The van der Waals surface area contributed by atoms with E-state index in [1.807, 2.05) is 0 Å². The first kappa shape index (κ1) is 11.6. The molecule has 1 aromatic carbocycles. The van der Waals surface area contributed by atoms with Crippen LogP contribution in [0.3, 0.4) is 0 Å². The Balaban J connectivity index is 2.05. The summed E-state index contributed by atoms with van der Waals surface area (Å²) in [6.45, 7) is 1.21. The molecule has 0 aromatic heterocycles. The van der Waals surface area contributed by atoms with E-state index >= 15 is 0 Å². The van der Waals surface area contributed by atoms with Gasteiger partial charge in [-0.1, -0.05) is 12.1 Å². The van der Waals surface area contributed by atoms with Crippen LogP contribution in [0, 0.1) is 17.2 Å². The molecule has 1 amide bonds. The van der Waals surface area contributed by atoms with Crippen molar-refractivity contribution in [2.24, 2.45) is 5.92 Å². The van der Waals surface area contributed by atoms with Gasteiger partial charge in [-0.3, -0.25) is 4.79 Å². The highest BCUT2D eigenvalue weighted by atomic mass is 16.5. The van der Waals surface area contributed by atoms with Gasteiger partial charge in [0.2, 0.25) is 5.91 Å². The Morgan fingerprint density at radius 2 is 2.29 bits per heavy atom. The first-order valence-electron chi connectivity index (χ1n) is 5.69. The van der Waals surface area contributed by atoms with Gasteiger partial charge in [-0.05, 0) is 25.0 Å². The van der Waals surface area contributed by atoms with Crippen molar-refractivity contribution in [2.75, 3.05) is 18.5 Å². The molecule has 4 heteroatoms. The molecule has 1 aromatic rings. The molecule has 1 N–H and O–H groups in total. The standard InChI is InChI=1S/C13H14N2O2/c14-8-10-4-1-2-6-12(10)15-13(16)11-5-3-7-17-9-11/h1-2,4,6,11H,3,5,7,9H2,(H,15,16). The number of nitrogens with zero attached hydrogens (tertiary/aromatic N) is 1. The summed E-state index contributed by atoms with van der Waals surface area (Å²) in [6, 6.07) is 9.06. The van der Waals surface area contributed by atoms with Gasteiger partial charge in [-0.15, -0.1) is 0 Å². The first-order valence-corrected chi connectivity index (χ1v) is 5.69. The highest BCUT2D eigenvalue weighted by molar-refractivity contribution is 5.93. The van der Waals surface area contributed by atoms with E-state index < -0.39 is 0 Å². The summed E-state index contributed by atoms with van der Waals surface area (Å²) in [6.07, 6.45) is 1.76. The molecule has 1 fully saturated rings. The molecule has 4 nitrogen and oxygen atoms in total. The lowest BCUT2D eigenvalue weighted by atomic mass is 10.0. The third kappa shape index (κ3) is 2.83. The second-order valence-corrected chi connectivity index (χ2v) is 4.06. The normalized spacial score (nSPS) is 19.4. The van der Waals surface area contributed by atoms with Gasteiger partial charge in [0.1, 0.15) is 6.07 Å². The van der Waals surface area contributed by atoms with E-state index in [1.54, 1.807) is 24.3 Å². The van der Waals surface area contributed by atoms with Crippen molar-refractivity contribution < 1.29 is 9.53 Å². The van der Waals surface area contributed by atoms with Gasteiger partial charge >= 0.3 is 0 Å². The van der Waals surface area contributed by atoms with Gasteiger partial charge in [0.25, 0.3) is 0 Å². The zero-order chi connectivity index (χ0) is 12.1. The molecule has 1 unspecified atom stereocenters. The van der Waals surface area contributed by atoms with Gasteiger partial charge in [0.15, 0.2) is 0 Å². The highest BCUT2D eigenvalue weighted by Crippen LogP contribution is 2.18. The molecule has 1 saturated heterocycles. The predicted molar refractivity (Wildman–Crippen MR) is 63.3 cm³/mol. The molecule has 0 radical (unpaired) electrons. The van der Waals surface area contributed by atoms with Crippen LogP contribution in [0.2, 0.25) is 0 Å². The maximum absolute atomic E-state index is 11.9. The SMILES string of the molecule is N#Cc1ccccc1NC(=O)C1CCCOC1. The Morgan fingerprint density at radius 1 is 1.47 bits per heavy atom. The molecule has 0 aliphatic carbocycles. The van der Waals surface area contributed by atoms with Crippen molar-refractivity contribution in [3.8, 4) is 6.07 Å². The zero-order valence-electron chi connectivity index (χ0n) is 9.48. The number of carbonyl (C=O) groups is 1. The fraction of sp³-hybridized carbons (Fsp3) is 0.385. The molecule has 1 atom stereocenters. The molecule has 1 aliphatic rings. The monoisotopic (exact) mass is 230 g/mol. The highest BCUT2D eigenvalue weighted by Gasteiger charge is 2.22.